The molecule has 8 aromatic carbocycles. The van der Waals surface area contributed by atoms with Crippen LogP contribution in [-0.4, -0.2) is 4.98 Å². The lowest BCUT2D eigenvalue weighted by atomic mass is 9.83. The minimum atomic E-state index is 1.12. The first-order valence-corrected chi connectivity index (χ1v) is 15.8. The van der Waals surface area contributed by atoms with Gasteiger partial charge in [-0.25, -0.2) is 0 Å². The fraction of sp³-hybridized carbons (Fsp3) is 0. The van der Waals surface area contributed by atoms with Gasteiger partial charge in [0.1, 0.15) is 0 Å². The summed E-state index contributed by atoms with van der Waals surface area (Å²) in [7, 11) is 0. The van der Waals surface area contributed by atoms with Gasteiger partial charge in [0, 0.05) is 12.4 Å². The summed E-state index contributed by atoms with van der Waals surface area (Å²) >= 11 is 0. The molecule has 0 radical (unpaired) electrons. The van der Waals surface area contributed by atoms with E-state index in [1.165, 1.54) is 82.0 Å². The Bertz CT molecular complexity index is 2550. The molecule has 0 spiro atoms. The molecule has 1 heteroatoms. The summed E-state index contributed by atoms with van der Waals surface area (Å²) in [5.41, 5.74) is 9.73. The molecule has 0 saturated heterocycles. The number of fused-ring (bicyclic) bond motifs is 5. The molecule has 0 aliphatic rings. The highest BCUT2D eigenvalue weighted by Crippen LogP contribution is 2.47. The van der Waals surface area contributed by atoms with E-state index in [1.807, 2.05) is 18.5 Å². The predicted octanol–water partition coefficient (Wildman–Crippen LogP) is 12.4. The third kappa shape index (κ3) is 4.29. The maximum atomic E-state index is 4.31. The summed E-state index contributed by atoms with van der Waals surface area (Å²) in [5.74, 6) is 0. The van der Waals surface area contributed by atoms with E-state index in [0.717, 1.165) is 5.56 Å². The average Bonchev–Trinajstić information content (AvgIpc) is 3.14. The van der Waals surface area contributed by atoms with E-state index >= 15 is 0 Å². The number of hydrogen-bond acceptors (Lipinski definition) is 1. The van der Waals surface area contributed by atoms with Crippen LogP contribution in [0.1, 0.15) is 0 Å². The second-order valence-electron chi connectivity index (χ2n) is 11.9. The Labute approximate surface area is 268 Å². The zero-order valence-electron chi connectivity index (χ0n) is 25.2. The molecular weight excluding hydrogens is 555 g/mol. The molecule has 214 valence electrons. The van der Waals surface area contributed by atoms with Gasteiger partial charge in [-0.05, 0) is 106 Å². The fourth-order valence-electron chi connectivity index (χ4n) is 7.21. The summed E-state index contributed by atoms with van der Waals surface area (Å²) in [6.07, 6.45) is 3.73. The van der Waals surface area contributed by atoms with Crippen molar-refractivity contribution >= 4 is 43.1 Å². The molecule has 9 rings (SSSR count). The zero-order chi connectivity index (χ0) is 30.5. The number of aromatic nitrogens is 1. The Morgan fingerprint density at radius 2 is 0.870 bits per heavy atom. The molecule has 0 aliphatic heterocycles. The maximum Gasteiger partial charge on any atom is 0.0346 e. The standard InChI is InChI=1S/C45H29N/c1-2-11-32(12-3-1)44-39-18-8-9-19-40(39)45(42-28-34-13-4-5-15-36(34)37-16-6-7-17-38(37)42)41-25-24-33(27-43(41)44)30-20-22-31(23-21-30)35-14-10-26-46-29-35/h1-29H. The van der Waals surface area contributed by atoms with Crippen LogP contribution >= 0.6 is 0 Å². The third-order valence-electron chi connectivity index (χ3n) is 9.34. The first-order chi connectivity index (χ1) is 22.8. The molecule has 0 fully saturated rings. The molecular formula is C45H29N. The SMILES string of the molecule is c1ccc(-c2c3ccccc3c(-c3cc4ccccc4c4ccccc34)c3ccc(-c4ccc(-c5cccnc5)cc4)cc23)cc1. The Kier molecular flexibility index (Phi) is 6.21. The van der Waals surface area contributed by atoms with Gasteiger partial charge in [0.15, 0.2) is 0 Å². The smallest absolute Gasteiger partial charge is 0.0346 e. The van der Waals surface area contributed by atoms with Crippen LogP contribution in [0.3, 0.4) is 0 Å². The van der Waals surface area contributed by atoms with Crippen molar-refractivity contribution in [2.75, 3.05) is 0 Å². The van der Waals surface area contributed by atoms with Crippen LogP contribution in [0.25, 0.3) is 87.6 Å². The molecule has 0 unspecified atom stereocenters. The molecule has 0 aliphatic carbocycles. The van der Waals surface area contributed by atoms with E-state index in [4.69, 9.17) is 0 Å². The van der Waals surface area contributed by atoms with Crippen LogP contribution in [0.15, 0.2) is 176 Å². The Morgan fingerprint density at radius 1 is 0.304 bits per heavy atom. The van der Waals surface area contributed by atoms with Gasteiger partial charge in [0.2, 0.25) is 0 Å². The maximum absolute atomic E-state index is 4.31. The van der Waals surface area contributed by atoms with E-state index in [0.29, 0.717) is 0 Å². The quantitative estimate of drug-likeness (QED) is 0.148. The van der Waals surface area contributed by atoms with Gasteiger partial charge in [0.25, 0.3) is 0 Å². The number of hydrogen-bond donors (Lipinski definition) is 0. The molecule has 1 nitrogen and oxygen atoms in total. The van der Waals surface area contributed by atoms with Crippen molar-refractivity contribution in [3.8, 4) is 44.5 Å². The van der Waals surface area contributed by atoms with Crippen LogP contribution in [0, 0.1) is 0 Å². The molecule has 9 aromatic rings. The molecule has 0 atom stereocenters. The molecule has 0 N–H and O–H groups in total. The lowest BCUT2D eigenvalue weighted by Gasteiger charge is -2.20. The second-order valence-corrected chi connectivity index (χ2v) is 11.9. The second kappa shape index (κ2) is 10.8. The third-order valence-corrected chi connectivity index (χ3v) is 9.34. The van der Waals surface area contributed by atoms with E-state index in [-0.39, 0.29) is 0 Å². The highest BCUT2D eigenvalue weighted by atomic mass is 14.6. The minimum Gasteiger partial charge on any atom is -0.264 e. The Morgan fingerprint density at radius 3 is 1.61 bits per heavy atom. The van der Waals surface area contributed by atoms with Crippen LogP contribution < -0.4 is 0 Å². The number of rotatable bonds is 4. The first-order valence-electron chi connectivity index (χ1n) is 15.8. The highest BCUT2D eigenvalue weighted by Gasteiger charge is 2.19. The van der Waals surface area contributed by atoms with Crippen molar-refractivity contribution in [2.45, 2.75) is 0 Å². The van der Waals surface area contributed by atoms with Crippen LogP contribution in [0.2, 0.25) is 0 Å². The topological polar surface area (TPSA) is 12.9 Å². The van der Waals surface area contributed by atoms with Gasteiger partial charge in [-0.3, -0.25) is 4.98 Å². The fourth-order valence-corrected chi connectivity index (χ4v) is 7.21. The van der Waals surface area contributed by atoms with Gasteiger partial charge in [-0.2, -0.15) is 0 Å². The molecule has 0 saturated carbocycles. The predicted molar refractivity (Wildman–Crippen MR) is 196 cm³/mol. The minimum absolute atomic E-state index is 1.12. The molecule has 46 heavy (non-hydrogen) atoms. The molecule has 0 bridgehead atoms. The zero-order valence-corrected chi connectivity index (χ0v) is 25.2. The Balaban J connectivity index is 1.37. The van der Waals surface area contributed by atoms with Crippen molar-refractivity contribution in [3.63, 3.8) is 0 Å². The molecule has 1 heterocycles. The van der Waals surface area contributed by atoms with Gasteiger partial charge in [0.05, 0.1) is 0 Å². The number of nitrogens with zero attached hydrogens (tertiary/aromatic N) is 1. The van der Waals surface area contributed by atoms with Crippen molar-refractivity contribution in [3.05, 3.63) is 176 Å². The van der Waals surface area contributed by atoms with Crippen LogP contribution in [-0.2, 0) is 0 Å². The van der Waals surface area contributed by atoms with Crippen molar-refractivity contribution in [2.24, 2.45) is 0 Å². The largest absolute Gasteiger partial charge is 0.264 e. The highest BCUT2D eigenvalue weighted by molar-refractivity contribution is 6.26. The lowest BCUT2D eigenvalue weighted by Crippen LogP contribution is -1.93. The van der Waals surface area contributed by atoms with Gasteiger partial charge >= 0.3 is 0 Å². The van der Waals surface area contributed by atoms with Crippen LogP contribution in [0.5, 0.6) is 0 Å². The van der Waals surface area contributed by atoms with Gasteiger partial charge in [-0.1, -0.05) is 146 Å². The Hall–Kier alpha value is -6.05. The number of pyridine rings is 1. The van der Waals surface area contributed by atoms with E-state index < -0.39 is 0 Å². The van der Waals surface area contributed by atoms with E-state index in [9.17, 15) is 0 Å². The monoisotopic (exact) mass is 583 g/mol. The summed E-state index contributed by atoms with van der Waals surface area (Å²) in [6.45, 7) is 0. The van der Waals surface area contributed by atoms with Gasteiger partial charge < -0.3 is 0 Å². The summed E-state index contributed by atoms with van der Waals surface area (Å²) in [5, 5.41) is 10.1. The number of benzene rings is 8. The summed E-state index contributed by atoms with van der Waals surface area (Å²) in [4.78, 5) is 4.31. The van der Waals surface area contributed by atoms with Crippen LogP contribution in [0.4, 0.5) is 0 Å². The lowest BCUT2D eigenvalue weighted by molar-refractivity contribution is 1.33. The first kappa shape index (κ1) is 26.4. The summed E-state index contributed by atoms with van der Waals surface area (Å²) < 4.78 is 0. The molecule has 0 amide bonds. The summed E-state index contributed by atoms with van der Waals surface area (Å²) in [6, 6.07) is 59.8. The van der Waals surface area contributed by atoms with E-state index in [1.54, 1.807) is 0 Å². The normalized spacial score (nSPS) is 11.5. The average molecular weight is 584 g/mol. The van der Waals surface area contributed by atoms with Gasteiger partial charge in [-0.15, -0.1) is 0 Å². The van der Waals surface area contributed by atoms with Crippen molar-refractivity contribution < 1.29 is 0 Å². The van der Waals surface area contributed by atoms with Crippen molar-refractivity contribution in [1.82, 2.24) is 4.98 Å². The van der Waals surface area contributed by atoms with Crippen molar-refractivity contribution in [1.29, 1.82) is 0 Å². The van der Waals surface area contributed by atoms with E-state index in [2.05, 4.69) is 163 Å². The molecule has 1 aromatic heterocycles.